The smallest absolute Gasteiger partial charge is 0.298 e. The van der Waals surface area contributed by atoms with Gasteiger partial charge in [-0.1, -0.05) is 0 Å². The molecule has 0 radical (unpaired) electrons. The summed E-state index contributed by atoms with van der Waals surface area (Å²) < 4.78 is 7.06. The molecule has 0 amide bonds. The summed E-state index contributed by atoms with van der Waals surface area (Å²) in [4.78, 5) is 4.11. The van der Waals surface area contributed by atoms with E-state index in [0.717, 1.165) is 18.1 Å². The second-order valence-corrected chi connectivity index (χ2v) is 2.37. The predicted molar refractivity (Wildman–Crippen MR) is 36.9 cm³/mol. The van der Waals surface area contributed by atoms with E-state index in [1.165, 1.54) is 0 Å². The van der Waals surface area contributed by atoms with E-state index in [9.17, 15) is 0 Å². The first-order valence-electron chi connectivity index (χ1n) is 3.24. The molecule has 4 nitrogen and oxygen atoms in total. The summed E-state index contributed by atoms with van der Waals surface area (Å²) in [5, 5.41) is 0. The van der Waals surface area contributed by atoms with Crippen LogP contribution < -0.4 is 10.5 Å². The average molecular weight is 139 g/mol. The van der Waals surface area contributed by atoms with Crippen LogP contribution in [0.2, 0.25) is 0 Å². The van der Waals surface area contributed by atoms with E-state index in [0.29, 0.717) is 12.6 Å². The Bertz CT molecular complexity index is 266. The maximum absolute atomic E-state index is 5.67. The number of hydrogen-bond donors (Lipinski definition) is 1. The van der Waals surface area contributed by atoms with Crippen molar-refractivity contribution in [3.8, 4) is 6.01 Å². The Balaban J connectivity index is 2.59. The third kappa shape index (κ3) is 0.531. The normalized spacial score (nSPS) is 14.9. The lowest BCUT2D eigenvalue weighted by atomic mass is 10.5. The standard InChI is InChI=1S/C6H9N3O/c1-4-5(7)9-2-3-10-6(9)8-4/h2-3,7H2,1H3. The van der Waals surface area contributed by atoms with Crippen molar-refractivity contribution in [2.45, 2.75) is 13.5 Å². The highest BCUT2D eigenvalue weighted by atomic mass is 16.5. The van der Waals surface area contributed by atoms with Crippen LogP contribution in [0.4, 0.5) is 5.82 Å². The van der Waals surface area contributed by atoms with Crippen molar-refractivity contribution in [1.29, 1.82) is 0 Å². The molecule has 0 spiro atoms. The number of anilines is 1. The maximum Gasteiger partial charge on any atom is 0.298 e. The first kappa shape index (κ1) is 5.58. The first-order chi connectivity index (χ1) is 4.79. The molecule has 0 aliphatic carbocycles. The summed E-state index contributed by atoms with van der Waals surface area (Å²) in [7, 11) is 0. The Morgan fingerprint density at radius 1 is 1.70 bits per heavy atom. The van der Waals surface area contributed by atoms with E-state index < -0.39 is 0 Å². The van der Waals surface area contributed by atoms with E-state index in [2.05, 4.69) is 4.98 Å². The van der Waals surface area contributed by atoms with Crippen LogP contribution in [-0.2, 0) is 6.54 Å². The minimum atomic E-state index is 0.662. The van der Waals surface area contributed by atoms with E-state index in [1.54, 1.807) is 0 Å². The minimum Gasteiger partial charge on any atom is -0.463 e. The fourth-order valence-electron chi connectivity index (χ4n) is 1.11. The molecule has 1 aliphatic rings. The van der Waals surface area contributed by atoms with Crippen LogP contribution in [0.1, 0.15) is 5.69 Å². The van der Waals surface area contributed by atoms with Crippen LogP contribution in [0.25, 0.3) is 0 Å². The Morgan fingerprint density at radius 2 is 2.50 bits per heavy atom. The Hall–Kier alpha value is -1.19. The van der Waals surface area contributed by atoms with Crippen molar-refractivity contribution >= 4 is 5.82 Å². The average Bonchev–Trinajstić information content (AvgIpc) is 2.41. The summed E-state index contributed by atoms with van der Waals surface area (Å²) in [6.45, 7) is 3.42. The largest absolute Gasteiger partial charge is 0.463 e. The quantitative estimate of drug-likeness (QED) is 0.557. The number of nitrogen functional groups attached to an aromatic ring is 1. The highest BCUT2D eigenvalue weighted by Gasteiger charge is 2.17. The SMILES string of the molecule is Cc1nc2n(c1N)CCO2. The number of nitrogens with zero attached hydrogens (tertiary/aromatic N) is 2. The van der Waals surface area contributed by atoms with Gasteiger partial charge in [-0.25, -0.2) is 0 Å². The number of imidazole rings is 1. The van der Waals surface area contributed by atoms with Crippen molar-refractivity contribution < 1.29 is 4.74 Å². The van der Waals surface area contributed by atoms with Gasteiger partial charge >= 0.3 is 0 Å². The summed E-state index contributed by atoms with van der Waals surface area (Å²) in [5.41, 5.74) is 6.53. The van der Waals surface area contributed by atoms with Gasteiger partial charge in [0, 0.05) is 0 Å². The lowest BCUT2D eigenvalue weighted by Crippen LogP contribution is -2.00. The molecular formula is C6H9N3O. The zero-order chi connectivity index (χ0) is 7.14. The molecule has 0 atom stereocenters. The Kier molecular flexibility index (Phi) is 0.922. The van der Waals surface area contributed by atoms with Gasteiger partial charge in [-0.05, 0) is 6.92 Å². The molecule has 1 aromatic heterocycles. The molecule has 54 valence electrons. The van der Waals surface area contributed by atoms with Crippen LogP contribution >= 0.6 is 0 Å². The third-order valence-corrected chi connectivity index (χ3v) is 1.70. The number of nitrogens with two attached hydrogens (primary N) is 1. The molecule has 0 saturated carbocycles. The number of fused-ring (bicyclic) bond motifs is 1. The van der Waals surface area contributed by atoms with Gasteiger partial charge in [0.25, 0.3) is 6.01 Å². The van der Waals surface area contributed by atoms with E-state index in [-0.39, 0.29) is 0 Å². The topological polar surface area (TPSA) is 53.1 Å². The van der Waals surface area contributed by atoms with Crippen LogP contribution in [0.15, 0.2) is 0 Å². The number of aryl methyl sites for hydroxylation is 1. The molecule has 10 heavy (non-hydrogen) atoms. The van der Waals surface area contributed by atoms with Crippen LogP contribution in [0, 0.1) is 6.92 Å². The molecule has 2 rings (SSSR count). The summed E-state index contributed by atoms with van der Waals surface area (Å²) in [6, 6.07) is 0.662. The van der Waals surface area contributed by atoms with Gasteiger partial charge in [0.1, 0.15) is 12.4 Å². The van der Waals surface area contributed by atoms with Gasteiger partial charge in [-0.15, -0.1) is 0 Å². The highest BCUT2D eigenvalue weighted by molar-refractivity contribution is 5.39. The minimum absolute atomic E-state index is 0.662. The number of rotatable bonds is 0. The molecule has 2 heterocycles. The van der Waals surface area contributed by atoms with E-state index >= 15 is 0 Å². The zero-order valence-electron chi connectivity index (χ0n) is 5.79. The van der Waals surface area contributed by atoms with Gasteiger partial charge in [0.05, 0.1) is 12.2 Å². The molecule has 0 aromatic carbocycles. The molecule has 2 N–H and O–H groups in total. The second-order valence-electron chi connectivity index (χ2n) is 2.37. The van der Waals surface area contributed by atoms with Crippen LogP contribution in [0.3, 0.4) is 0 Å². The molecule has 0 unspecified atom stereocenters. The third-order valence-electron chi connectivity index (χ3n) is 1.70. The maximum atomic E-state index is 5.67. The zero-order valence-corrected chi connectivity index (χ0v) is 5.79. The number of ether oxygens (including phenoxy) is 1. The fourth-order valence-corrected chi connectivity index (χ4v) is 1.11. The lowest BCUT2D eigenvalue weighted by Gasteiger charge is -1.93. The van der Waals surface area contributed by atoms with Gasteiger partial charge < -0.3 is 10.5 Å². The second kappa shape index (κ2) is 1.65. The fraction of sp³-hybridized carbons (Fsp3) is 0.500. The van der Waals surface area contributed by atoms with E-state index in [1.807, 2.05) is 11.5 Å². The number of aromatic nitrogens is 2. The van der Waals surface area contributed by atoms with Gasteiger partial charge in [-0.2, -0.15) is 4.98 Å². The molecule has 4 heteroatoms. The molecule has 1 aromatic rings. The van der Waals surface area contributed by atoms with Crippen molar-refractivity contribution in [2.75, 3.05) is 12.3 Å². The van der Waals surface area contributed by atoms with Crippen molar-refractivity contribution in [1.82, 2.24) is 9.55 Å². The van der Waals surface area contributed by atoms with Crippen LogP contribution in [-0.4, -0.2) is 16.2 Å². The predicted octanol–water partition coefficient (Wildman–Crippen LogP) is 0.166. The first-order valence-corrected chi connectivity index (χ1v) is 3.24. The molecule has 0 bridgehead atoms. The summed E-state index contributed by atoms with van der Waals surface area (Å²) in [6.07, 6.45) is 0. The van der Waals surface area contributed by atoms with E-state index in [4.69, 9.17) is 10.5 Å². The molecule has 0 saturated heterocycles. The molecular weight excluding hydrogens is 130 g/mol. The van der Waals surface area contributed by atoms with Crippen molar-refractivity contribution in [2.24, 2.45) is 0 Å². The number of hydrogen-bond acceptors (Lipinski definition) is 3. The molecule has 0 fully saturated rings. The lowest BCUT2D eigenvalue weighted by molar-refractivity contribution is 0.344. The Morgan fingerprint density at radius 3 is 3.20 bits per heavy atom. The molecule has 1 aliphatic heterocycles. The van der Waals surface area contributed by atoms with Gasteiger partial charge in [0.2, 0.25) is 0 Å². The van der Waals surface area contributed by atoms with Crippen molar-refractivity contribution in [3.05, 3.63) is 5.69 Å². The summed E-state index contributed by atoms with van der Waals surface area (Å²) >= 11 is 0. The van der Waals surface area contributed by atoms with Crippen LogP contribution in [0.5, 0.6) is 6.01 Å². The summed E-state index contributed by atoms with van der Waals surface area (Å²) in [5.74, 6) is 0.729. The van der Waals surface area contributed by atoms with Gasteiger partial charge in [-0.3, -0.25) is 4.57 Å². The van der Waals surface area contributed by atoms with Gasteiger partial charge in [0.15, 0.2) is 0 Å². The van der Waals surface area contributed by atoms with Crippen molar-refractivity contribution in [3.63, 3.8) is 0 Å². The Labute approximate surface area is 58.6 Å². The highest BCUT2D eigenvalue weighted by Crippen LogP contribution is 2.22. The monoisotopic (exact) mass is 139 g/mol.